The predicted molar refractivity (Wildman–Crippen MR) is 90.4 cm³/mol. The van der Waals surface area contributed by atoms with Crippen molar-refractivity contribution in [2.24, 2.45) is 0 Å². The van der Waals surface area contributed by atoms with Crippen LogP contribution >= 0.6 is 69.6 Å². The highest BCUT2D eigenvalue weighted by Gasteiger charge is 2.30. The van der Waals surface area contributed by atoms with Gasteiger partial charge >= 0.3 is 5.69 Å². The molecule has 1 heterocycles. The fourth-order valence-corrected chi connectivity index (χ4v) is 3.55. The highest BCUT2D eigenvalue weighted by atomic mass is 35.5. The normalized spacial score (nSPS) is 11.5. The molecule has 0 fully saturated rings. The molecule has 0 spiro atoms. The highest BCUT2D eigenvalue weighted by Crippen LogP contribution is 2.51. The number of nitro groups is 1. The highest BCUT2D eigenvalue weighted by molar-refractivity contribution is 6.55. The lowest BCUT2D eigenvalue weighted by atomic mass is 10.1. The maximum absolute atomic E-state index is 11.3. The lowest BCUT2D eigenvalue weighted by Gasteiger charge is -2.03. The van der Waals surface area contributed by atoms with Gasteiger partial charge in [0, 0.05) is 6.07 Å². The minimum absolute atomic E-state index is 0.0219. The molecule has 0 N–H and O–H groups in total. The molecule has 114 valence electrons. The molecule has 0 amide bonds. The van der Waals surface area contributed by atoms with Crippen LogP contribution in [0.1, 0.15) is 0 Å². The fraction of sp³-hybridized carbons (Fsp3) is 0. The van der Waals surface area contributed by atoms with Gasteiger partial charge in [0.2, 0.25) is 5.58 Å². The fourth-order valence-electron chi connectivity index (χ4n) is 2.11. The average molecular weight is 420 g/mol. The molecule has 0 saturated carbocycles. The van der Waals surface area contributed by atoms with Crippen molar-refractivity contribution in [1.29, 1.82) is 0 Å². The number of hydrogen-bond acceptors (Lipinski definition) is 3. The van der Waals surface area contributed by atoms with E-state index in [4.69, 9.17) is 74.0 Å². The lowest BCUT2D eigenvalue weighted by Crippen LogP contribution is -1.91. The Labute approximate surface area is 152 Å². The molecule has 0 saturated heterocycles. The van der Waals surface area contributed by atoms with E-state index in [9.17, 15) is 10.1 Å². The number of furan rings is 1. The van der Waals surface area contributed by atoms with Crippen molar-refractivity contribution >= 4 is 97.2 Å². The molecule has 4 nitrogen and oxygen atoms in total. The molecule has 0 aliphatic rings. The summed E-state index contributed by atoms with van der Waals surface area (Å²) >= 11 is 36.1. The smallest absolute Gasteiger partial charge is 0.332 e. The largest absolute Gasteiger partial charge is 0.449 e. The number of benzene rings is 2. The van der Waals surface area contributed by atoms with E-state index in [1.807, 2.05) is 0 Å². The van der Waals surface area contributed by atoms with Crippen LogP contribution in [0.3, 0.4) is 0 Å². The number of nitro benzene ring substituents is 1. The molecule has 3 aromatic rings. The van der Waals surface area contributed by atoms with Gasteiger partial charge in [-0.1, -0.05) is 69.6 Å². The monoisotopic (exact) mass is 417 g/mol. The second-order valence-corrected chi connectivity index (χ2v) is 6.51. The molecule has 0 radical (unpaired) electrons. The van der Waals surface area contributed by atoms with Gasteiger partial charge in [0.25, 0.3) is 0 Å². The first-order valence-corrected chi connectivity index (χ1v) is 7.73. The van der Waals surface area contributed by atoms with Crippen LogP contribution in [-0.4, -0.2) is 4.92 Å². The van der Waals surface area contributed by atoms with Crippen molar-refractivity contribution in [2.75, 3.05) is 0 Å². The van der Waals surface area contributed by atoms with Gasteiger partial charge in [0.1, 0.15) is 10.6 Å². The van der Waals surface area contributed by atoms with Gasteiger partial charge < -0.3 is 4.42 Å². The van der Waals surface area contributed by atoms with Gasteiger partial charge in [-0.3, -0.25) is 10.1 Å². The first kappa shape index (κ1) is 16.2. The summed E-state index contributed by atoms with van der Waals surface area (Å²) in [5.41, 5.74) is -0.483. The van der Waals surface area contributed by atoms with Crippen LogP contribution in [0.15, 0.2) is 10.5 Å². The first-order chi connectivity index (χ1) is 10.3. The zero-order chi connectivity index (χ0) is 16.3. The third kappa shape index (κ3) is 2.13. The van der Waals surface area contributed by atoms with E-state index in [0.29, 0.717) is 0 Å². The SMILES string of the molecule is O=[N+]([O-])c1c(Cl)c(Cl)c(Cl)c2c1oc1cc(Cl)c(Cl)c(Cl)c12. The summed E-state index contributed by atoms with van der Waals surface area (Å²) in [5, 5.41) is 11.4. The number of halogens is 6. The van der Waals surface area contributed by atoms with Crippen LogP contribution in [0, 0.1) is 10.1 Å². The van der Waals surface area contributed by atoms with Crippen molar-refractivity contribution in [1.82, 2.24) is 0 Å². The molecular formula is C12HCl6NO3. The summed E-state index contributed by atoms with van der Waals surface area (Å²) in [5.74, 6) is 0. The second-order valence-electron chi connectivity index (χ2n) is 4.21. The third-order valence-corrected chi connectivity index (χ3v) is 5.61. The van der Waals surface area contributed by atoms with Gasteiger partial charge in [-0.25, -0.2) is 0 Å². The molecule has 2 aromatic carbocycles. The maximum atomic E-state index is 11.3. The van der Waals surface area contributed by atoms with Crippen molar-refractivity contribution in [3.05, 3.63) is 46.3 Å². The third-order valence-electron chi connectivity index (χ3n) is 3.03. The molecule has 22 heavy (non-hydrogen) atoms. The van der Waals surface area contributed by atoms with Gasteiger partial charge in [0.15, 0.2) is 0 Å². The van der Waals surface area contributed by atoms with Gasteiger partial charge in [-0.15, -0.1) is 0 Å². The number of fused-ring (bicyclic) bond motifs is 3. The van der Waals surface area contributed by atoms with Crippen molar-refractivity contribution in [3.63, 3.8) is 0 Å². The average Bonchev–Trinajstić information content (AvgIpc) is 2.81. The number of hydrogen-bond donors (Lipinski definition) is 0. The molecule has 0 aliphatic heterocycles. The molecule has 0 atom stereocenters. The Morgan fingerprint density at radius 2 is 1.45 bits per heavy atom. The van der Waals surface area contributed by atoms with Gasteiger partial charge in [-0.05, 0) is 0 Å². The minimum atomic E-state index is -0.716. The maximum Gasteiger partial charge on any atom is 0.332 e. The van der Waals surface area contributed by atoms with Crippen LogP contribution in [-0.2, 0) is 0 Å². The zero-order valence-corrected chi connectivity index (χ0v) is 14.6. The summed E-state index contributed by atoms with van der Waals surface area (Å²) < 4.78 is 5.48. The standard InChI is InChI=1S/C12HCl6NO3/c13-2-1-3-4(7(15)6(2)14)5-8(16)9(17)10(18)11(19(20)21)12(5)22-3/h1H. The van der Waals surface area contributed by atoms with Crippen LogP contribution in [0.5, 0.6) is 0 Å². The summed E-state index contributed by atoms with van der Waals surface area (Å²) in [4.78, 5) is 10.6. The number of nitrogens with zero attached hydrogens (tertiary/aromatic N) is 1. The molecule has 0 aliphatic carbocycles. The summed E-state index contributed by atoms with van der Waals surface area (Å²) in [6, 6.07) is 1.38. The van der Waals surface area contributed by atoms with E-state index in [1.165, 1.54) is 6.07 Å². The quantitative estimate of drug-likeness (QED) is 0.234. The van der Waals surface area contributed by atoms with Gasteiger partial charge in [0.05, 0.1) is 40.8 Å². The Morgan fingerprint density at radius 3 is 2.05 bits per heavy atom. The van der Waals surface area contributed by atoms with E-state index in [1.54, 1.807) is 0 Å². The molecule has 1 aromatic heterocycles. The van der Waals surface area contributed by atoms with E-state index in [0.717, 1.165) is 0 Å². The molecule has 10 heteroatoms. The van der Waals surface area contributed by atoms with Crippen molar-refractivity contribution < 1.29 is 9.34 Å². The van der Waals surface area contributed by atoms with Gasteiger partial charge in [-0.2, -0.15) is 0 Å². The minimum Gasteiger partial charge on any atom is -0.449 e. The second kappa shape index (κ2) is 5.48. The van der Waals surface area contributed by atoms with Crippen LogP contribution < -0.4 is 0 Å². The predicted octanol–water partition coefficient (Wildman–Crippen LogP) is 7.41. The van der Waals surface area contributed by atoms with Crippen molar-refractivity contribution in [3.8, 4) is 0 Å². The summed E-state index contributed by atoms with van der Waals surface area (Å²) in [6.07, 6.45) is 0. The summed E-state index contributed by atoms with van der Waals surface area (Å²) in [7, 11) is 0. The Bertz CT molecular complexity index is 981. The Hall–Kier alpha value is -0.620. The Morgan fingerprint density at radius 1 is 0.864 bits per heavy atom. The lowest BCUT2D eigenvalue weighted by molar-refractivity contribution is -0.383. The Kier molecular flexibility index (Phi) is 4.05. The zero-order valence-electron chi connectivity index (χ0n) is 10.0. The first-order valence-electron chi connectivity index (χ1n) is 5.46. The Balaban J connectivity index is 2.70. The molecule has 0 unspecified atom stereocenters. The molecule has 3 rings (SSSR count). The van der Waals surface area contributed by atoms with Crippen molar-refractivity contribution in [2.45, 2.75) is 0 Å². The van der Waals surface area contributed by atoms with E-state index >= 15 is 0 Å². The van der Waals surface area contributed by atoms with E-state index < -0.39 is 10.6 Å². The van der Waals surface area contributed by atoms with Crippen LogP contribution in [0.4, 0.5) is 5.69 Å². The summed E-state index contributed by atoms with van der Waals surface area (Å²) in [6.45, 7) is 0. The number of rotatable bonds is 1. The molecular weight excluding hydrogens is 419 g/mol. The van der Waals surface area contributed by atoms with E-state index in [2.05, 4.69) is 0 Å². The van der Waals surface area contributed by atoms with E-state index in [-0.39, 0.29) is 52.1 Å². The van der Waals surface area contributed by atoms with Crippen LogP contribution in [0.2, 0.25) is 30.1 Å². The van der Waals surface area contributed by atoms with Crippen LogP contribution in [0.25, 0.3) is 21.9 Å². The topological polar surface area (TPSA) is 56.3 Å². The molecule has 0 bridgehead atoms.